The first-order valence-electron chi connectivity index (χ1n) is 5.55. The molecule has 0 amide bonds. The molecule has 6 heteroatoms. The molecule has 1 aromatic heterocycles. The average Bonchev–Trinajstić information content (AvgIpc) is 2.87. The molecule has 0 saturated carbocycles. The highest BCUT2D eigenvalue weighted by atomic mass is 35.5. The van der Waals surface area contributed by atoms with Gasteiger partial charge in [0.25, 0.3) is 0 Å². The Morgan fingerprint density at radius 2 is 2.26 bits per heavy atom. The van der Waals surface area contributed by atoms with Crippen molar-refractivity contribution in [3.63, 3.8) is 0 Å². The molecule has 0 aliphatic heterocycles. The van der Waals surface area contributed by atoms with Crippen molar-refractivity contribution in [3.05, 3.63) is 36.2 Å². The van der Waals surface area contributed by atoms with Crippen molar-refractivity contribution in [1.82, 2.24) is 9.78 Å². The Bertz CT molecular complexity index is 589. The fraction of sp³-hybridized carbons (Fsp3) is 0.231. The van der Waals surface area contributed by atoms with Gasteiger partial charge in [0.1, 0.15) is 12.3 Å². The molecule has 0 aliphatic carbocycles. The van der Waals surface area contributed by atoms with Crippen LogP contribution in [0.5, 0.6) is 5.75 Å². The third kappa shape index (κ3) is 3.25. The van der Waals surface area contributed by atoms with Crippen molar-refractivity contribution < 1.29 is 4.74 Å². The summed E-state index contributed by atoms with van der Waals surface area (Å²) in [6.07, 6.45) is 3.54. The van der Waals surface area contributed by atoms with E-state index < -0.39 is 0 Å². The molecule has 5 nitrogen and oxygen atoms in total. The van der Waals surface area contributed by atoms with E-state index in [-0.39, 0.29) is 19.0 Å². The molecule has 0 fully saturated rings. The summed E-state index contributed by atoms with van der Waals surface area (Å²) in [5, 5.41) is 12.8. The van der Waals surface area contributed by atoms with E-state index in [0.717, 1.165) is 22.4 Å². The Labute approximate surface area is 118 Å². The van der Waals surface area contributed by atoms with E-state index in [4.69, 9.17) is 15.7 Å². The van der Waals surface area contributed by atoms with E-state index in [1.165, 1.54) is 0 Å². The average molecular weight is 279 g/mol. The number of ether oxygens (including phenoxy) is 1. The summed E-state index contributed by atoms with van der Waals surface area (Å²) < 4.78 is 6.91. The van der Waals surface area contributed by atoms with Crippen LogP contribution in [0.3, 0.4) is 0 Å². The first-order valence-corrected chi connectivity index (χ1v) is 5.55. The molecule has 0 spiro atoms. The van der Waals surface area contributed by atoms with Crippen molar-refractivity contribution >= 4 is 12.4 Å². The third-order valence-corrected chi connectivity index (χ3v) is 2.68. The number of methoxy groups -OCH3 is 1. The zero-order chi connectivity index (χ0) is 13.0. The predicted molar refractivity (Wildman–Crippen MR) is 75.0 cm³/mol. The van der Waals surface area contributed by atoms with Gasteiger partial charge in [-0.1, -0.05) is 6.07 Å². The Hall–Kier alpha value is -2.03. The molecule has 19 heavy (non-hydrogen) atoms. The number of nitrogens with two attached hydrogens (primary N) is 1. The van der Waals surface area contributed by atoms with Gasteiger partial charge in [-0.25, -0.2) is 0 Å². The maximum absolute atomic E-state index is 8.63. The van der Waals surface area contributed by atoms with Crippen LogP contribution in [-0.4, -0.2) is 16.9 Å². The van der Waals surface area contributed by atoms with Crippen LogP contribution in [0.4, 0.5) is 0 Å². The molecule has 0 bridgehead atoms. The van der Waals surface area contributed by atoms with Gasteiger partial charge in [-0.15, -0.1) is 12.4 Å². The van der Waals surface area contributed by atoms with Gasteiger partial charge in [0.05, 0.1) is 19.4 Å². The van der Waals surface area contributed by atoms with Crippen LogP contribution in [0, 0.1) is 11.3 Å². The molecule has 2 N–H and O–H groups in total. The molecule has 1 heterocycles. The summed E-state index contributed by atoms with van der Waals surface area (Å²) in [6, 6.07) is 7.85. The highest BCUT2D eigenvalue weighted by Gasteiger charge is 2.09. The smallest absolute Gasteiger partial charge is 0.128 e. The highest BCUT2D eigenvalue weighted by molar-refractivity contribution is 5.85. The quantitative estimate of drug-likeness (QED) is 0.927. The summed E-state index contributed by atoms with van der Waals surface area (Å²) >= 11 is 0. The molecule has 2 rings (SSSR count). The third-order valence-electron chi connectivity index (χ3n) is 2.68. The van der Waals surface area contributed by atoms with Crippen molar-refractivity contribution in [2.24, 2.45) is 5.73 Å². The second kappa shape index (κ2) is 6.78. The van der Waals surface area contributed by atoms with E-state index in [9.17, 15) is 0 Å². The fourth-order valence-corrected chi connectivity index (χ4v) is 1.77. The van der Waals surface area contributed by atoms with Gasteiger partial charge in [-0.3, -0.25) is 4.68 Å². The molecule has 1 aromatic carbocycles. The maximum Gasteiger partial charge on any atom is 0.128 e. The van der Waals surface area contributed by atoms with Crippen LogP contribution < -0.4 is 10.5 Å². The van der Waals surface area contributed by atoms with Crippen molar-refractivity contribution in [3.8, 4) is 22.9 Å². The standard InChI is InChI=1S/C13H14N4O.ClH/c1-18-13-3-2-10(7-15)6-12(13)11-8-16-17(9-11)5-4-14;/h2-3,6,8-9H,5,7,15H2,1H3;1H. The van der Waals surface area contributed by atoms with Crippen LogP contribution in [-0.2, 0) is 13.1 Å². The fourth-order valence-electron chi connectivity index (χ4n) is 1.77. The van der Waals surface area contributed by atoms with E-state index in [2.05, 4.69) is 5.10 Å². The SMILES string of the molecule is COc1ccc(CN)cc1-c1cnn(CC#N)c1.Cl. The predicted octanol–water partition coefficient (Wildman–Crippen LogP) is 1.96. The van der Waals surface area contributed by atoms with Crippen LogP contribution in [0.2, 0.25) is 0 Å². The van der Waals surface area contributed by atoms with E-state index >= 15 is 0 Å². The topological polar surface area (TPSA) is 76.9 Å². The Morgan fingerprint density at radius 3 is 2.89 bits per heavy atom. The van der Waals surface area contributed by atoms with Crippen molar-refractivity contribution in [1.29, 1.82) is 5.26 Å². The van der Waals surface area contributed by atoms with Crippen molar-refractivity contribution in [2.75, 3.05) is 7.11 Å². The minimum absolute atomic E-state index is 0. The minimum atomic E-state index is 0. The number of benzene rings is 1. The van der Waals surface area contributed by atoms with Crippen LogP contribution in [0.1, 0.15) is 5.56 Å². The first kappa shape index (κ1) is 15.0. The lowest BCUT2D eigenvalue weighted by Crippen LogP contribution is -1.97. The molecule has 0 saturated heterocycles. The molecule has 0 atom stereocenters. The van der Waals surface area contributed by atoms with Crippen LogP contribution in [0.15, 0.2) is 30.6 Å². The molecule has 0 aliphatic rings. The largest absolute Gasteiger partial charge is 0.496 e. The maximum atomic E-state index is 8.63. The number of aromatic nitrogens is 2. The molecule has 0 radical (unpaired) electrons. The number of hydrogen-bond donors (Lipinski definition) is 1. The van der Waals surface area contributed by atoms with Crippen LogP contribution >= 0.6 is 12.4 Å². The van der Waals surface area contributed by atoms with Gasteiger partial charge >= 0.3 is 0 Å². The molecular formula is C13H15ClN4O. The van der Waals surface area contributed by atoms with Gasteiger partial charge in [0.15, 0.2) is 0 Å². The number of rotatable bonds is 4. The Morgan fingerprint density at radius 1 is 1.47 bits per heavy atom. The van der Waals surface area contributed by atoms with Crippen molar-refractivity contribution in [2.45, 2.75) is 13.1 Å². The second-order valence-electron chi connectivity index (χ2n) is 3.82. The van der Waals surface area contributed by atoms with Gasteiger partial charge < -0.3 is 10.5 Å². The monoisotopic (exact) mass is 278 g/mol. The Balaban J connectivity index is 0.00000180. The first-order chi connectivity index (χ1) is 8.78. The summed E-state index contributed by atoms with van der Waals surface area (Å²) in [4.78, 5) is 0. The number of nitriles is 1. The lowest BCUT2D eigenvalue weighted by molar-refractivity contribution is 0.416. The molecule has 100 valence electrons. The van der Waals surface area contributed by atoms with Gasteiger partial charge in [-0.05, 0) is 17.7 Å². The molecular weight excluding hydrogens is 264 g/mol. The zero-order valence-corrected chi connectivity index (χ0v) is 11.4. The highest BCUT2D eigenvalue weighted by Crippen LogP contribution is 2.30. The summed E-state index contributed by atoms with van der Waals surface area (Å²) in [5.74, 6) is 0.767. The zero-order valence-electron chi connectivity index (χ0n) is 10.5. The van der Waals surface area contributed by atoms with Gasteiger partial charge in [-0.2, -0.15) is 10.4 Å². The lowest BCUT2D eigenvalue weighted by Gasteiger charge is -2.08. The van der Waals surface area contributed by atoms with E-state index in [1.54, 1.807) is 18.0 Å². The normalized spacial score (nSPS) is 9.53. The van der Waals surface area contributed by atoms with Crippen LogP contribution in [0.25, 0.3) is 11.1 Å². The summed E-state index contributed by atoms with van der Waals surface area (Å²) in [5.41, 5.74) is 8.51. The molecule has 2 aromatic rings. The minimum Gasteiger partial charge on any atom is -0.496 e. The summed E-state index contributed by atoms with van der Waals surface area (Å²) in [7, 11) is 1.63. The van der Waals surface area contributed by atoms with E-state index in [0.29, 0.717) is 6.54 Å². The van der Waals surface area contributed by atoms with Gasteiger partial charge in [0.2, 0.25) is 0 Å². The second-order valence-corrected chi connectivity index (χ2v) is 3.82. The number of halogens is 1. The summed E-state index contributed by atoms with van der Waals surface area (Å²) in [6.45, 7) is 0.711. The Kier molecular flexibility index (Phi) is 5.37. The number of nitrogens with zero attached hydrogens (tertiary/aromatic N) is 3. The number of hydrogen-bond acceptors (Lipinski definition) is 4. The lowest BCUT2D eigenvalue weighted by atomic mass is 10.0. The van der Waals surface area contributed by atoms with Gasteiger partial charge in [0, 0.05) is 23.9 Å². The molecule has 0 unspecified atom stereocenters. The van der Waals surface area contributed by atoms with E-state index in [1.807, 2.05) is 30.5 Å².